The Hall–Kier alpha value is -0.240. The predicted octanol–water partition coefficient (Wildman–Crippen LogP) is -3.21. The zero-order valence-corrected chi connectivity index (χ0v) is 7.08. The third-order valence-electron chi connectivity index (χ3n) is 2.22. The molecule has 0 bridgehead atoms. The number of nitrogens with two attached hydrogens (primary N) is 1. The van der Waals surface area contributed by atoms with Crippen molar-refractivity contribution in [2.75, 3.05) is 13.2 Å². The average Bonchev–Trinajstić information content (AvgIpc) is 2.15. The summed E-state index contributed by atoms with van der Waals surface area (Å²) >= 11 is 0. The minimum absolute atomic E-state index is 0.0292. The van der Waals surface area contributed by atoms with E-state index in [1.807, 2.05) is 0 Å². The van der Waals surface area contributed by atoms with E-state index < -0.39 is 37.1 Å². The zero-order valence-electron chi connectivity index (χ0n) is 7.08. The van der Waals surface area contributed by atoms with Crippen LogP contribution < -0.4 is 5.73 Å². The van der Waals surface area contributed by atoms with Gasteiger partial charge in [0.25, 0.3) is 0 Å². The van der Waals surface area contributed by atoms with Crippen LogP contribution in [0.4, 0.5) is 0 Å². The van der Waals surface area contributed by atoms with Crippen LogP contribution in [-0.2, 0) is 4.74 Å². The van der Waals surface area contributed by atoms with Gasteiger partial charge >= 0.3 is 0 Å². The molecule has 6 heteroatoms. The maximum atomic E-state index is 9.32. The molecule has 5 atom stereocenters. The van der Waals surface area contributed by atoms with Gasteiger partial charge < -0.3 is 30.9 Å². The first kappa shape index (κ1) is 10.8. The van der Waals surface area contributed by atoms with Gasteiger partial charge in [-0.25, -0.2) is 0 Å². The van der Waals surface area contributed by atoms with Gasteiger partial charge in [-0.15, -0.1) is 0 Å². The van der Waals surface area contributed by atoms with Crippen LogP contribution in [-0.4, -0.2) is 64.1 Å². The van der Waals surface area contributed by atoms with Crippen molar-refractivity contribution in [1.82, 2.24) is 0 Å². The fraction of sp³-hybridized carbons (Fsp3) is 1.00. The molecule has 1 saturated heterocycles. The molecule has 0 aromatic rings. The Labute approximate surface area is 75.6 Å². The number of ether oxygens (including phenoxy) is 1. The smallest absolute Gasteiger partial charge is 0.111 e. The van der Waals surface area contributed by atoms with Gasteiger partial charge in [0.1, 0.15) is 24.4 Å². The number of aliphatic hydroxyl groups excluding tert-OH is 4. The van der Waals surface area contributed by atoms with Crippen LogP contribution in [0.3, 0.4) is 0 Å². The van der Waals surface area contributed by atoms with Crippen LogP contribution in [0.5, 0.6) is 0 Å². The normalized spacial score (nSPS) is 46.4. The highest BCUT2D eigenvalue weighted by atomic mass is 16.5. The second kappa shape index (κ2) is 4.32. The first-order chi connectivity index (χ1) is 6.11. The summed E-state index contributed by atoms with van der Waals surface area (Å²) in [5.41, 5.74) is 5.26. The quantitative estimate of drug-likeness (QED) is 0.315. The molecule has 0 spiro atoms. The Morgan fingerprint density at radius 3 is 2.00 bits per heavy atom. The molecule has 1 fully saturated rings. The summed E-state index contributed by atoms with van der Waals surface area (Å²) in [6.07, 6.45) is -5.42. The summed E-state index contributed by atoms with van der Waals surface area (Å²) in [5, 5.41) is 36.7. The van der Waals surface area contributed by atoms with Crippen LogP contribution in [0.2, 0.25) is 0 Å². The van der Waals surface area contributed by atoms with E-state index >= 15 is 0 Å². The molecule has 0 aliphatic carbocycles. The molecule has 1 heterocycles. The lowest BCUT2D eigenvalue weighted by atomic mass is 9.95. The minimum atomic E-state index is -1.32. The molecule has 3 unspecified atom stereocenters. The predicted molar refractivity (Wildman–Crippen MR) is 42.8 cm³/mol. The van der Waals surface area contributed by atoms with Gasteiger partial charge in [0.05, 0.1) is 12.7 Å². The average molecular weight is 193 g/mol. The molecule has 0 aromatic heterocycles. The summed E-state index contributed by atoms with van der Waals surface area (Å²) in [7, 11) is 0. The molecular formula is C7H15NO5. The molecule has 0 saturated carbocycles. The van der Waals surface area contributed by atoms with Crippen LogP contribution >= 0.6 is 0 Å². The molecule has 0 radical (unpaired) electrons. The second-order valence-electron chi connectivity index (χ2n) is 3.10. The SMILES string of the molecule is NCC1OC(CO)C(O)[C@H](O)[C@H]1O. The van der Waals surface area contributed by atoms with Crippen LogP contribution in [0.1, 0.15) is 0 Å². The summed E-state index contributed by atoms with van der Waals surface area (Å²) in [4.78, 5) is 0. The van der Waals surface area contributed by atoms with E-state index in [-0.39, 0.29) is 6.54 Å². The standard InChI is InChI=1S/C7H15NO5/c8-1-3-5(10)7(12)6(11)4(2-9)13-3/h3-7,9-12H,1-2,8H2/t3?,4?,5-,6?,7+/m0/s1. The Balaban J connectivity index is 2.66. The Morgan fingerprint density at radius 1 is 1.00 bits per heavy atom. The Morgan fingerprint density at radius 2 is 1.54 bits per heavy atom. The van der Waals surface area contributed by atoms with Gasteiger partial charge in [0.2, 0.25) is 0 Å². The summed E-state index contributed by atoms with van der Waals surface area (Å²) in [6, 6.07) is 0. The van der Waals surface area contributed by atoms with Crippen molar-refractivity contribution in [3.8, 4) is 0 Å². The molecule has 6 nitrogen and oxygen atoms in total. The number of hydrogen-bond acceptors (Lipinski definition) is 6. The van der Waals surface area contributed by atoms with E-state index in [4.69, 9.17) is 15.6 Å². The van der Waals surface area contributed by atoms with E-state index in [9.17, 15) is 15.3 Å². The van der Waals surface area contributed by atoms with Crippen molar-refractivity contribution in [3.05, 3.63) is 0 Å². The van der Waals surface area contributed by atoms with Gasteiger partial charge in [0, 0.05) is 6.54 Å². The van der Waals surface area contributed by atoms with E-state index in [1.54, 1.807) is 0 Å². The first-order valence-corrected chi connectivity index (χ1v) is 4.12. The fourth-order valence-electron chi connectivity index (χ4n) is 1.37. The molecule has 0 amide bonds. The first-order valence-electron chi connectivity index (χ1n) is 4.12. The van der Waals surface area contributed by atoms with E-state index in [0.29, 0.717) is 0 Å². The number of rotatable bonds is 2. The van der Waals surface area contributed by atoms with Gasteiger partial charge in [0.15, 0.2) is 0 Å². The van der Waals surface area contributed by atoms with Crippen LogP contribution in [0.25, 0.3) is 0 Å². The lowest BCUT2D eigenvalue weighted by Crippen LogP contribution is -2.60. The number of hydrogen-bond donors (Lipinski definition) is 5. The van der Waals surface area contributed by atoms with E-state index in [1.165, 1.54) is 0 Å². The maximum Gasteiger partial charge on any atom is 0.111 e. The summed E-state index contributed by atoms with van der Waals surface area (Å²) in [5.74, 6) is 0. The molecule has 0 aromatic carbocycles. The third-order valence-corrected chi connectivity index (χ3v) is 2.22. The maximum absolute atomic E-state index is 9.32. The summed E-state index contributed by atoms with van der Waals surface area (Å²) < 4.78 is 5.04. The van der Waals surface area contributed by atoms with Crippen molar-refractivity contribution in [2.24, 2.45) is 5.73 Å². The molecule has 1 rings (SSSR count). The molecule has 78 valence electrons. The van der Waals surface area contributed by atoms with Crippen LogP contribution in [0.15, 0.2) is 0 Å². The largest absolute Gasteiger partial charge is 0.394 e. The summed E-state index contributed by atoms with van der Waals surface area (Å²) in [6.45, 7) is -0.386. The van der Waals surface area contributed by atoms with Crippen molar-refractivity contribution >= 4 is 0 Å². The third kappa shape index (κ3) is 1.98. The van der Waals surface area contributed by atoms with E-state index in [2.05, 4.69) is 0 Å². The van der Waals surface area contributed by atoms with Crippen LogP contribution in [0, 0.1) is 0 Å². The van der Waals surface area contributed by atoms with Crippen molar-refractivity contribution in [3.63, 3.8) is 0 Å². The van der Waals surface area contributed by atoms with Gasteiger partial charge in [-0.3, -0.25) is 0 Å². The van der Waals surface area contributed by atoms with Gasteiger partial charge in [-0.2, -0.15) is 0 Å². The minimum Gasteiger partial charge on any atom is -0.394 e. The zero-order chi connectivity index (χ0) is 10.0. The molecule has 1 aliphatic heterocycles. The Bertz CT molecular complexity index is 147. The molecule has 1 aliphatic rings. The second-order valence-corrected chi connectivity index (χ2v) is 3.10. The molecule has 13 heavy (non-hydrogen) atoms. The van der Waals surface area contributed by atoms with E-state index in [0.717, 1.165) is 0 Å². The topological polar surface area (TPSA) is 116 Å². The lowest BCUT2D eigenvalue weighted by molar-refractivity contribution is -0.226. The van der Waals surface area contributed by atoms with Crippen molar-refractivity contribution in [2.45, 2.75) is 30.5 Å². The van der Waals surface area contributed by atoms with Gasteiger partial charge in [-0.1, -0.05) is 0 Å². The fourth-order valence-corrected chi connectivity index (χ4v) is 1.37. The van der Waals surface area contributed by atoms with Crippen molar-refractivity contribution < 1.29 is 25.2 Å². The van der Waals surface area contributed by atoms with Gasteiger partial charge in [-0.05, 0) is 0 Å². The highest BCUT2D eigenvalue weighted by Crippen LogP contribution is 2.20. The number of aliphatic hydroxyl groups is 4. The highest BCUT2D eigenvalue weighted by molar-refractivity contribution is 4.92. The lowest BCUT2D eigenvalue weighted by Gasteiger charge is -2.39. The highest BCUT2D eigenvalue weighted by Gasteiger charge is 2.42. The molecule has 6 N–H and O–H groups in total. The van der Waals surface area contributed by atoms with Crippen molar-refractivity contribution in [1.29, 1.82) is 0 Å². The molecular weight excluding hydrogens is 178 g/mol. The Kier molecular flexibility index (Phi) is 3.60. The monoisotopic (exact) mass is 193 g/mol.